The molecule has 2 heteroatoms. The van der Waals surface area contributed by atoms with E-state index in [1.807, 2.05) is 19.1 Å². The molecular weight excluding hydrogens is 287 g/mol. The number of halogens is 1. The molecule has 23 heavy (non-hydrogen) atoms. The van der Waals surface area contributed by atoms with Gasteiger partial charge in [0.15, 0.2) is 0 Å². The van der Waals surface area contributed by atoms with Gasteiger partial charge in [-0.3, -0.25) is 0 Å². The van der Waals surface area contributed by atoms with Crippen molar-refractivity contribution in [1.82, 2.24) is 0 Å². The van der Waals surface area contributed by atoms with E-state index in [1.54, 1.807) is 12.1 Å². The van der Waals surface area contributed by atoms with Crippen molar-refractivity contribution in [3.05, 3.63) is 71.3 Å². The quantitative estimate of drug-likeness (QED) is 0.679. The number of benzene rings is 1. The maximum atomic E-state index is 13.4. The van der Waals surface area contributed by atoms with Gasteiger partial charge in [0.2, 0.25) is 0 Å². The Balaban J connectivity index is 1.95. The van der Waals surface area contributed by atoms with Crippen LogP contribution in [0.25, 0.3) is 0 Å². The molecule has 0 heterocycles. The zero-order chi connectivity index (χ0) is 16.1. The summed E-state index contributed by atoms with van der Waals surface area (Å²) >= 11 is 0. The standard InChI is InChI=1S/C21H25FO/c1-2-23-20-8-6-7-17(11-14-20)21(15-4-3-5-16-21)18-9-12-19(22)13-10-18/h7-14H,2-6,15-16H2,1H3. The summed E-state index contributed by atoms with van der Waals surface area (Å²) in [4.78, 5) is 0. The Bertz CT molecular complexity index is 616. The molecule has 2 aliphatic rings. The largest absolute Gasteiger partial charge is 0.494 e. The molecule has 0 amide bonds. The Labute approximate surface area is 138 Å². The Hall–Kier alpha value is -1.83. The van der Waals surface area contributed by atoms with Crippen molar-refractivity contribution in [1.29, 1.82) is 0 Å². The third-order valence-corrected chi connectivity index (χ3v) is 5.05. The first-order valence-corrected chi connectivity index (χ1v) is 8.72. The van der Waals surface area contributed by atoms with E-state index in [0.29, 0.717) is 6.61 Å². The van der Waals surface area contributed by atoms with Crippen LogP contribution in [0, 0.1) is 5.82 Å². The van der Waals surface area contributed by atoms with Crippen molar-refractivity contribution in [2.75, 3.05) is 6.61 Å². The number of allylic oxidation sites excluding steroid dienone is 5. The van der Waals surface area contributed by atoms with Gasteiger partial charge in [0.25, 0.3) is 0 Å². The predicted octanol–water partition coefficient (Wildman–Crippen LogP) is 5.83. The molecule has 0 bridgehead atoms. The highest BCUT2D eigenvalue weighted by Crippen LogP contribution is 2.46. The number of ether oxygens (including phenoxy) is 1. The molecule has 1 aromatic rings. The van der Waals surface area contributed by atoms with E-state index in [1.165, 1.54) is 30.4 Å². The van der Waals surface area contributed by atoms with E-state index >= 15 is 0 Å². The lowest BCUT2D eigenvalue weighted by atomic mass is 9.64. The molecule has 0 radical (unpaired) electrons. The third kappa shape index (κ3) is 3.41. The first-order chi connectivity index (χ1) is 11.2. The van der Waals surface area contributed by atoms with Gasteiger partial charge >= 0.3 is 0 Å². The summed E-state index contributed by atoms with van der Waals surface area (Å²) in [6, 6.07) is 7.13. The molecule has 1 fully saturated rings. The highest BCUT2D eigenvalue weighted by molar-refractivity contribution is 5.45. The fourth-order valence-corrected chi connectivity index (χ4v) is 3.91. The molecule has 122 valence electrons. The van der Waals surface area contributed by atoms with Crippen molar-refractivity contribution in [2.45, 2.75) is 50.9 Å². The fraction of sp³-hybridized carbons (Fsp3) is 0.429. The van der Waals surface area contributed by atoms with Crippen LogP contribution in [0.4, 0.5) is 4.39 Å². The van der Waals surface area contributed by atoms with Crippen LogP contribution in [0.1, 0.15) is 51.0 Å². The lowest BCUT2D eigenvalue weighted by Crippen LogP contribution is -2.31. The van der Waals surface area contributed by atoms with Crippen molar-refractivity contribution in [3.63, 3.8) is 0 Å². The van der Waals surface area contributed by atoms with Crippen molar-refractivity contribution < 1.29 is 9.13 Å². The summed E-state index contributed by atoms with van der Waals surface area (Å²) in [5, 5.41) is 0. The monoisotopic (exact) mass is 312 g/mol. The maximum absolute atomic E-state index is 13.4. The van der Waals surface area contributed by atoms with Gasteiger partial charge in [-0.25, -0.2) is 4.39 Å². The molecule has 0 unspecified atom stereocenters. The summed E-state index contributed by atoms with van der Waals surface area (Å²) < 4.78 is 19.0. The molecule has 0 atom stereocenters. The van der Waals surface area contributed by atoms with Gasteiger partial charge in [0, 0.05) is 5.41 Å². The number of hydrogen-bond donors (Lipinski definition) is 0. The molecule has 0 aliphatic heterocycles. The van der Waals surface area contributed by atoms with Gasteiger partial charge < -0.3 is 4.74 Å². The summed E-state index contributed by atoms with van der Waals surface area (Å²) in [5.41, 5.74) is 2.63. The van der Waals surface area contributed by atoms with E-state index in [0.717, 1.165) is 25.0 Å². The molecule has 0 spiro atoms. The van der Waals surface area contributed by atoms with Crippen LogP contribution in [0.5, 0.6) is 0 Å². The van der Waals surface area contributed by atoms with Gasteiger partial charge in [0.1, 0.15) is 11.6 Å². The molecular formula is C21H25FO. The van der Waals surface area contributed by atoms with Crippen LogP contribution in [0.2, 0.25) is 0 Å². The molecule has 1 saturated carbocycles. The van der Waals surface area contributed by atoms with E-state index in [-0.39, 0.29) is 11.2 Å². The second kappa shape index (κ2) is 7.16. The zero-order valence-corrected chi connectivity index (χ0v) is 13.9. The van der Waals surface area contributed by atoms with Crippen molar-refractivity contribution in [3.8, 4) is 0 Å². The van der Waals surface area contributed by atoms with Gasteiger partial charge in [-0.05, 0) is 61.6 Å². The van der Waals surface area contributed by atoms with E-state index in [4.69, 9.17) is 4.74 Å². The molecule has 3 rings (SSSR count). The Morgan fingerprint density at radius 2 is 1.74 bits per heavy atom. The fourth-order valence-electron chi connectivity index (χ4n) is 3.91. The first kappa shape index (κ1) is 16.0. The Morgan fingerprint density at radius 3 is 2.43 bits per heavy atom. The summed E-state index contributed by atoms with van der Waals surface area (Å²) in [6.07, 6.45) is 15.7. The normalized spacial score (nSPS) is 20.4. The average molecular weight is 312 g/mol. The summed E-state index contributed by atoms with van der Waals surface area (Å²) in [5.74, 6) is 0.786. The van der Waals surface area contributed by atoms with Crippen molar-refractivity contribution in [2.24, 2.45) is 0 Å². The van der Waals surface area contributed by atoms with Crippen LogP contribution in [-0.4, -0.2) is 6.61 Å². The van der Waals surface area contributed by atoms with Gasteiger partial charge in [-0.15, -0.1) is 0 Å². The highest BCUT2D eigenvalue weighted by atomic mass is 19.1. The minimum absolute atomic E-state index is 0.0257. The van der Waals surface area contributed by atoms with Crippen LogP contribution < -0.4 is 0 Å². The van der Waals surface area contributed by atoms with Crippen LogP contribution in [-0.2, 0) is 10.2 Å². The minimum atomic E-state index is -0.162. The van der Waals surface area contributed by atoms with Gasteiger partial charge in [0.05, 0.1) is 6.61 Å². The van der Waals surface area contributed by atoms with E-state index in [9.17, 15) is 4.39 Å². The smallest absolute Gasteiger partial charge is 0.123 e. The Morgan fingerprint density at radius 1 is 1.00 bits per heavy atom. The SMILES string of the molecule is CCOC1=CCC=C(C2(c3ccc(F)cc3)CCCCC2)C=C1. The third-order valence-electron chi connectivity index (χ3n) is 5.05. The molecule has 0 aromatic heterocycles. The lowest BCUT2D eigenvalue weighted by Gasteiger charge is -2.39. The lowest BCUT2D eigenvalue weighted by molar-refractivity contribution is 0.241. The average Bonchev–Trinajstić information content (AvgIpc) is 2.82. The zero-order valence-electron chi connectivity index (χ0n) is 13.9. The highest BCUT2D eigenvalue weighted by Gasteiger charge is 2.36. The first-order valence-electron chi connectivity index (χ1n) is 8.72. The summed E-state index contributed by atoms with van der Waals surface area (Å²) in [7, 11) is 0. The molecule has 1 nitrogen and oxygen atoms in total. The second-order valence-electron chi connectivity index (χ2n) is 6.42. The molecule has 0 saturated heterocycles. The van der Waals surface area contributed by atoms with Gasteiger partial charge in [-0.1, -0.05) is 43.5 Å². The predicted molar refractivity (Wildman–Crippen MR) is 92.7 cm³/mol. The summed E-state index contributed by atoms with van der Waals surface area (Å²) in [6.45, 7) is 2.70. The van der Waals surface area contributed by atoms with Crippen LogP contribution in [0.3, 0.4) is 0 Å². The minimum Gasteiger partial charge on any atom is -0.494 e. The topological polar surface area (TPSA) is 9.23 Å². The van der Waals surface area contributed by atoms with E-state index in [2.05, 4.69) is 24.3 Å². The van der Waals surface area contributed by atoms with Gasteiger partial charge in [-0.2, -0.15) is 0 Å². The van der Waals surface area contributed by atoms with Crippen LogP contribution in [0.15, 0.2) is 59.9 Å². The van der Waals surface area contributed by atoms with Crippen LogP contribution >= 0.6 is 0 Å². The molecule has 1 aromatic carbocycles. The second-order valence-corrected chi connectivity index (χ2v) is 6.42. The Kier molecular flexibility index (Phi) is 5.00. The maximum Gasteiger partial charge on any atom is 0.123 e. The van der Waals surface area contributed by atoms with Crippen molar-refractivity contribution >= 4 is 0 Å². The number of hydrogen-bond acceptors (Lipinski definition) is 1. The molecule has 2 aliphatic carbocycles. The number of rotatable bonds is 4. The molecule has 0 N–H and O–H groups in total. The van der Waals surface area contributed by atoms with E-state index < -0.39 is 0 Å².